The molecule has 1 aromatic heterocycles. The van der Waals surface area contributed by atoms with Gasteiger partial charge in [0.15, 0.2) is 0 Å². The van der Waals surface area contributed by atoms with Crippen molar-refractivity contribution in [2.24, 2.45) is 0 Å². The first-order valence-corrected chi connectivity index (χ1v) is 6.26. The largest absolute Gasteiger partial charge is 0.497 e. The number of rotatable bonds is 3. The molecule has 0 aliphatic heterocycles. The quantitative estimate of drug-likeness (QED) is 0.683. The summed E-state index contributed by atoms with van der Waals surface area (Å²) in [6, 6.07) is 17.7. The van der Waals surface area contributed by atoms with Crippen LogP contribution in [0.4, 0.5) is 4.39 Å². The zero-order valence-electron chi connectivity index (χ0n) is 11.0. The second kappa shape index (κ2) is 5.21. The van der Waals surface area contributed by atoms with Gasteiger partial charge in [0.2, 0.25) is 0 Å². The highest BCUT2D eigenvalue weighted by Crippen LogP contribution is 2.29. The number of methoxy groups -OCH3 is 1. The van der Waals surface area contributed by atoms with Gasteiger partial charge in [-0.05, 0) is 60.7 Å². The third-order valence-electron chi connectivity index (χ3n) is 3.11. The van der Waals surface area contributed by atoms with Crippen LogP contribution >= 0.6 is 0 Å². The lowest BCUT2D eigenvalue weighted by molar-refractivity contribution is 0.415. The highest BCUT2D eigenvalue weighted by atomic mass is 19.1. The molecule has 2 aromatic carbocycles. The van der Waals surface area contributed by atoms with Crippen LogP contribution in [0.25, 0.3) is 22.6 Å². The van der Waals surface area contributed by atoms with E-state index in [0.717, 1.165) is 28.4 Å². The minimum Gasteiger partial charge on any atom is -0.497 e. The first-order valence-electron chi connectivity index (χ1n) is 6.26. The molecule has 0 bridgehead atoms. The van der Waals surface area contributed by atoms with Gasteiger partial charge in [-0.1, -0.05) is 0 Å². The fraction of sp³-hybridized carbons (Fsp3) is 0.0588. The molecule has 0 saturated heterocycles. The second-order valence-corrected chi connectivity index (χ2v) is 4.40. The fourth-order valence-corrected chi connectivity index (χ4v) is 2.02. The molecule has 0 atom stereocenters. The smallest absolute Gasteiger partial charge is 0.134 e. The van der Waals surface area contributed by atoms with Gasteiger partial charge in [0.1, 0.15) is 23.1 Å². The van der Waals surface area contributed by atoms with Gasteiger partial charge in [-0.3, -0.25) is 0 Å². The molecule has 0 spiro atoms. The van der Waals surface area contributed by atoms with Crippen molar-refractivity contribution in [3.8, 4) is 28.4 Å². The summed E-state index contributed by atoms with van der Waals surface area (Å²) in [5.74, 6) is 2.04. The van der Waals surface area contributed by atoms with E-state index in [2.05, 4.69) is 0 Å². The summed E-state index contributed by atoms with van der Waals surface area (Å²) >= 11 is 0. The Labute approximate surface area is 116 Å². The van der Waals surface area contributed by atoms with Crippen LogP contribution < -0.4 is 4.74 Å². The van der Waals surface area contributed by atoms with Gasteiger partial charge in [-0.15, -0.1) is 0 Å². The Balaban J connectivity index is 1.91. The standard InChI is InChI=1S/C17H13FO2/c1-19-15-8-4-13(5-9-15)17-11-10-16(20-17)12-2-6-14(18)7-3-12/h2-11H,1H3. The Bertz CT molecular complexity index is 697. The Kier molecular flexibility index (Phi) is 3.25. The van der Waals surface area contributed by atoms with Gasteiger partial charge in [-0.25, -0.2) is 4.39 Å². The van der Waals surface area contributed by atoms with Crippen molar-refractivity contribution in [1.82, 2.24) is 0 Å². The summed E-state index contributed by atoms with van der Waals surface area (Å²) in [5, 5.41) is 0. The van der Waals surface area contributed by atoms with E-state index in [9.17, 15) is 4.39 Å². The van der Waals surface area contributed by atoms with E-state index < -0.39 is 0 Å². The van der Waals surface area contributed by atoms with Crippen LogP contribution in [-0.2, 0) is 0 Å². The number of ether oxygens (including phenoxy) is 1. The zero-order chi connectivity index (χ0) is 13.9. The van der Waals surface area contributed by atoms with Gasteiger partial charge < -0.3 is 9.15 Å². The van der Waals surface area contributed by atoms with Crippen molar-refractivity contribution in [1.29, 1.82) is 0 Å². The summed E-state index contributed by atoms with van der Waals surface area (Å²) in [6.07, 6.45) is 0. The molecule has 20 heavy (non-hydrogen) atoms. The second-order valence-electron chi connectivity index (χ2n) is 4.40. The molecule has 0 unspecified atom stereocenters. The maximum Gasteiger partial charge on any atom is 0.134 e. The number of benzene rings is 2. The van der Waals surface area contributed by atoms with Crippen molar-refractivity contribution in [3.63, 3.8) is 0 Å². The molecule has 0 N–H and O–H groups in total. The van der Waals surface area contributed by atoms with Crippen LogP contribution in [0.15, 0.2) is 65.1 Å². The fourth-order valence-electron chi connectivity index (χ4n) is 2.02. The Hall–Kier alpha value is -2.55. The average Bonchev–Trinajstić information content (AvgIpc) is 2.98. The molecular formula is C17H13FO2. The summed E-state index contributed by atoms with van der Waals surface area (Å²) in [4.78, 5) is 0. The molecule has 0 fully saturated rings. The van der Waals surface area contributed by atoms with Crippen LogP contribution in [-0.4, -0.2) is 7.11 Å². The minimum absolute atomic E-state index is 0.254. The summed E-state index contributed by atoms with van der Waals surface area (Å²) in [7, 11) is 1.63. The summed E-state index contributed by atoms with van der Waals surface area (Å²) in [6.45, 7) is 0. The van der Waals surface area contributed by atoms with E-state index in [-0.39, 0.29) is 5.82 Å². The van der Waals surface area contributed by atoms with E-state index >= 15 is 0 Å². The number of halogens is 1. The predicted octanol–water partition coefficient (Wildman–Crippen LogP) is 4.76. The average molecular weight is 268 g/mol. The van der Waals surface area contributed by atoms with Crippen molar-refractivity contribution in [2.75, 3.05) is 7.11 Å². The van der Waals surface area contributed by atoms with E-state index in [1.165, 1.54) is 12.1 Å². The van der Waals surface area contributed by atoms with Gasteiger partial charge >= 0.3 is 0 Å². The highest BCUT2D eigenvalue weighted by molar-refractivity contribution is 5.65. The zero-order valence-corrected chi connectivity index (χ0v) is 11.0. The van der Waals surface area contributed by atoms with Crippen LogP contribution in [0.2, 0.25) is 0 Å². The van der Waals surface area contributed by atoms with E-state index in [0.29, 0.717) is 0 Å². The molecular weight excluding hydrogens is 255 g/mol. The molecule has 1 heterocycles. The van der Waals surface area contributed by atoms with Crippen molar-refractivity contribution < 1.29 is 13.5 Å². The van der Waals surface area contributed by atoms with Gasteiger partial charge in [0, 0.05) is 11.1 Å². The monoisotopic (exact) mass is 268 g/mol. The molecule has 2 nitrogen and oxygen atoms in total. The van der Waals surface area contributed by atoms with Gasteiger partial charge in [0.05, 0.1) is 7.11 Å². The predicted molar refractivity (Wildman–Crippen MR) is 76.1 cm³/mol. The molecule has 100 valence electrons. The molecule has 3 aromatic rings. The molecule has 0 aliphatic carbocycles. The third-order valence-corrected chi connectivity index (χ3v) is 3.11. The van der Waals surface area contributed by atoms with E-state index in [4.69, 9.17) is 9.15 Å². The minimum atomic E-state index is -0.254. The van der Waals surface area contributed by atoms with Crippen LogP contribution in [0.1, 0.15) is 0 Å². The first kappa shape index (κ1) is 12.5. The van der Waals surface area contributed by atoms with E-state index in [1.54, 1.807) is 19.2 Å². The Morgan fingerprint density at radius 2 is 1.25 bits per heavy atom. The van der Waals surface area contributed by atoms with Gasteiger partial charge in [0.25, 0.3) is 0 Å². The SMILES string of the molecule is COc1ccc(-c2ccc(-c3ccc(F)cc3)o2)cc1. The molecule has 0 saturated carbocycles. The summed E-state index contributed by atoms with van der Waals surface area (Å²) in [5.41, 5.74) is 1.82. The number of furan rings is 1. The van der Waals surface area contributed by atoms with Crippen molar-refractivity contribution in [3.05, 3.63) is 66.5 Å². The maximum absolute atomic E-state index is 12.9. The Morgan fingerprint density at radius 1 is 0.750 bits per heavy atom. The van der Waals surface area contributed by atoms with Crippen LogP contribution in [0.3, 0.4) is 0 Å². The lowest BCUT2D eigenvalue weighted by Gasteiger charge is -2.01. The van der Waals surface area contributed by atoms with Crippen LogP contribution in [0, 0.1) is 5.82 Å². The highest BCUT2D eigenvalue weighted by Gasteiger charge is 2.07. The molecule has 3 rings (SSSR count). The number of hydrogen-bond donors (Lipinski definition) is 0. The number of hydrogen-bond acceptors (Lipinski definition) is 2. The maximum atomic E-state index is 12.9. The topological polar surface area (TPSA) is 22.4 Å². The molecule has 3 heteroatoms. The molecule has 0 radical (unpaired) electrons. The van der Waals surface area contributed by atoms with E-state index in [1.807, 2.05) is 36.4 Å². The van der Waals surface area contributed by atoms with Crippen molar-refractivity contribution in [2.45, 2.75) is 0 Å². The van der Waals surface area contributed by atoms with Crippen LogP contribution in [0.5, 0.6) is 5.75 Å². The van der Waals surface area contributed by atoms with Gasteiger partial charge in [-0.2, -0.15) is 0 Å². The molecule has 0 amide bonds. The third kappa shape index (κ3) is 2.43. The normalized spacial score (nSPS) is 10.5. The lowest BCUT2D eigenvalue weighted by Crippen LogP contribution is -1.81. The van der Waals surface area contributed by atoms with Crippen molar-refractivity contribution >= 4 is 0 Å². The molecule has 0 aliphatic rings. The Morgan fingerprint density at radius 3 is 1.75 bits per heavy atom. The first-order chi connectivity index (χ1) is 9.76. The lowest BCUT2D eigenvalue weighted by atomic mass is 10.1. The summed E-state index contributed by atoms with van der Waals surface area (Å²) < 4.78 is 23.8.